The van der Waals surface area contributed by atoms with Crippen LogP contribution < -0.4 is 10.2 Å². The minimum Gasteiger partial charge on any atom is -0.393 e. The van der Waals surface area contributed by atoms with E-state index in [0.717, 1.165) is 57.1 Å². The third-order valence-corrected chi connectivity index (χ3v) is 8.84. The van der Waals surface area contributed by atoms with Crippen LogP contribution in [0.3, 0.4) is 0 Å². The van der Waals surface area contributed by atoms with E-state index in [-0.39, 0.29) is 34.9 Å². The molecular weight excluding hydrogens is 473 g/mol. The molecule has 0 unspecified atom stereocenters. The van der Waals surface area contributed by atoms with Gasteiger partial charge >= 0.3 is 6.03 Å². The van der Waals surface area contributed by atoms with Gasteiger partial charge in [-0.15, -0.1) is 0 Å². The quantitative estimate of drug-likeness (QED) is 0.470. The van der Waals surface area contributed by atoms with Crippen LogP contribution in [-0.2, 0) is 11.1 Å². The van der Waals surface area contributed by atoms with Gasteiger partial charge in [0.2, 0.25) is 0 Å². The molecule has 37 heavy (non-hydrogen) atoms. The fraction of sp³-hybridized carbons (Fsp3) is 0.643. The van der Waals surface area contributed by atoms with E-state index in [4.69, 9.17) is 11.1 Å². The summed E-state index contributed by atoms with van der Waals surface area (Å²) in [6.07, 6.45) is 7.99. The van der Waals surface area contributed by atoms with Gasteiger partial charge in [-0.2, -0.15) is 4.98 Å². The van der Waals surface area contributed by atoms with Crippen molar-refractivity contribution in [1.29, 1.82) is 0 Å². The lowest BCUT2D eigenvalue weighted by atomic mass is 9.53. The molecule has 0 saturated heterocycles. The van der Waals surface area contributed by atoms with Crippen molar-refractivity contribution in [2.45, 2.75) is 101 Å². The number of alkyl halides is 1. The van der Waals surface area contributed by atoms with Crippen LogP contribution >= 0.6 is 0 Å². The number of hydrogen-bond acceptors (Lipinski definition) is 5. The maximum Gasteiger partial charge on any atom is 0.322 e. The Bertz CT molecular complexity index is 1150. The summed E-state index contributed by atoms with van der Waals surface area (Å²) in [5.74, 6) is 0.637. The third kappa shape index (κ3) is 5.22. The number of carbonyl (C=O) groups is 1. The number of nitrogens with one attached hydrogen (secondary N) is 1. The SMILES string of the molecule is [C-]#[N+]c1cccc(N(CC23CCC(c4noc(C(C)(C)F)n4)(CC2)CC3)C(=O)NC2CCC(O)CC2)c1. The number of aliphatic hydroxyl groups excluding tert-OH is 1. The average Bonchev–Trinajstić information content (AvgIpc) is 3.42. The Kier molecular flexibility index (Phi) is 6.73. The standard InChI is InChI=1S/C28H36FN5O3/c1-26(2,29)24-32-23(33-37-24)28-14-11-27(12-15-28,13-16-28)18-34(21-6-4-5-20(17-21)30-3)25(36)31-19-7-9-22(35)10-8-19/h4-6,17,19,22,35H,7-16,18H2,1-2H3,(H,31,36). The Morgan fingerprint density at radius 3 is 2.49 bits per heavy atom. The van der Waals surface area contributed by atoms with Crippen molar-refractivity contribution in [2.75, 3.05) is 11.4 Å². The van der Waals surface area contributed by atoms with Gasteiger partial charge in [-0.3, -0.25) is 4.90 Å². The van der Waals surface area contributed by atoms with Gasteiger partial charge in [0.25, 0.3) is 5.89 Å². The fourth-order valence-electron chi connectivity index (χ4n) is 6.34. The van der Waals surface area contributed by atoms with Crippen molar-refractivity contribution >= 4 is 17.4 Å². The minimum absolute atomic E-state index is 0.0250. The van der Waals surface area contributed by atoms with Crippen LogP contribution in [0.2, 0.25) is 0 Å². The number of hydrogen-bond donors (Lipinski definition) is 2. The summed E-state index contributed by atoms with van der Waals surface area (Å²) in [5.41, 5.74) is -0.675. The molecule has 9 heteroatoms. The number of rotatable bonds is 6. The minimum atomic E-state index is -1.67. The first-order valence-corrected chi connectivity index (χ1v) is 13.4. The number of nitrogens with zero attached hydrogens (tertiary/aromatic N) is 4. The van der Waals surface area contributed by atoms with E-state index >= 15 is 0 Å². The molecule has 0 spiro atoms. The van der Waals surface area contributed by atoms with Crippen molar-refractivity contribution in [2.24, 2.45) is 5.41 Å². The number of fused-ring (bicyclic) bond motifs is 3. The smallest absolute Gasteiger partial charge is 0.322 e. The molecule has 6 rings (SSSR count). The van der Waals surface area contributed by atoms with Gasteiger partial charge in [-0.25, -0.2) is 14.0 Å². The van der Waals surface area contributed by atoms with Crippen LogP contribution in [0.4, 0.5) is 20.6 Å². The molecule has 198 valence electrons. The Balaban J connectivity index is 1.34. The van der Waals surface area contributed by atoms with Crippen molar-refractivity contribution < 1.29 is 18.8 Å². The largest absolute Gasteiger partial charge is 0.393 e. The van der Waals surface area contributed by atoms with Gasteiger partial charge in [0.15, 0.2) is 17.2 Å². The summed E-state index contributed by atoms with van der Waals surface area (Å²) in [7, 11) is 0. The van der Waals surface area contributed by atoms with Crippen LogP contribution in [0.1, 0.15) is 89.8 Å². The predicted molar refractivity (Wildman–Crippen MR) is 137 cm³/mol. The van der Waals surface area contributed by atoms with Crippen LogP contribution in [0.15, 0.2) is 28.8 Å². The summed E-state index contributed by atoms with van der Waals surface area (Å²) < 4.78 is 19.6. The third-order valence-electron chi connectivity index (χ3n) is 8.84. The molecule has 0 atom stereocenters. The summed E-state index contributed by atoms with van der Waals surface area (Å²) in [6, 6.07) is 7.14. The van der Waals surface area contributed by atoms with Crippen LogP contribution in [0, 0.1) is 12.0 Å². The Morgan fingerprint density at radius 2 is 1.89 bits per heavy atom. The van der Waals surface area contributed by atoms with E-state index in [1.807, 2.05) is 17.0 Å². The first-order chi connectivity index (χ1) is 17.6. The zero-order chi connectivity index (χ0) is 26.3. The molecule has 4 saturated carbocycles. The highest BCUT2D eigenvalue weighted by Crippen LogP contribution is 2.57. The summed E-state index contributed by atoms with van der Waals surface area (Å²) in [6.45, 7) is 10.8. The molecule has 0 radical (unpaired) electrons. The van der Waals surface area contributed by atoms with Gasteiger partial charge in [-0.05, 0) is 95.6 Å². The van der Waals surface area contributed by atoms with E-state index in [9.17, 15) is 14.3 Å². The van der Waals surface area contributed by atoms with Gasteiger partial charge in [-0.1, -0.05) is 17.3 Å². The molecule has 4 aliphatic rings. The van der Waals surface area contributed by atoms with E-state index in [0.29, 0.717) is 30.9 Å². The number of urea groups is 1. The molecule has 2 aromatic rings. The normalized spacial score (nSPS) is 29.5. The highest BCUT2D eigenvalue weighted by atomic mass is 19.1. The first kappa shape index (κ1) is 25.7. The van der Waals surface area contributed by atoms with Gasteiger partial charge < -0.3 is 14.9 Å². The lowest BCUT2D eigenvalue weighted by Crippen LogP contribution is -2.54. The summed E-state index contributed by atoms with van der Waals surface area (Å²) in [4.78, 5) is 23.5. The molecule has 2 amide bonds. The van der Waals surface area contributed by atoms with Gasteiger partial charge in [0, 0.05) is 23.7 Å². The molecule has 1 aromatic carbocycles. The van der Waals surface area contributed by atoms with Gasteiger partial charge in [0.1, 0.15) is 0 Å². The second-order valence-corrected chi connectivity index (χ2v) is 11.8. The number of benzene rings is 1. The lowest BCUT2D eigenvalue weighted by molar-refractivity contribution is 0.0405. The summed E-state index contributed by atoms with van der Waals surface area (Å²) in [5, 5.41) is 17.2. The van der Waals surface area contributed by atoms with Crippen molar-refractivity contribution in [3.8, 4) is 0 Å². The van der Waals surface area contributed by atoms with Crippen LogP contribution in [0.25, 0.3) is 4.85 Å². The second kappa shape index (κ2) is 9.71. The van der Waals surface area contributed by atoms with Crippen molar-refractivity contribution in [1.82, 2.24) is 15.5 Å². The molecule has 2 bridgehead atoms. The topological polar surface area (TPSA) is 95.9 Å². The zero-order valence-electron chi connectivity index (χ0n) is 21.7. The number of anilines is 1. The second-order valence-electron chi connectivity index (χ2n) is 11.8. The van der Waals surface area contributed by atoms with Gasteiger partial charge in [0.05, 0.1) is 12.7 Å². The zero-order valence-corrected chi connectivity index (χ0v) is 21.7. The molecule has 4 aliphatic carbocycles. The Hall–Kier alpha value is -2.99. The molecule has 4 fully saturated rings. The number of carbonyl (C=O) groups excluding carboxylic acids is 1. The van der Waals surface area contributed by atoms with E-state index in [1.54, 1.807) is 12.1 Å². The first-order valence-electron chi connectivity index (χ1n) is 13.4. The monoisotopic (exact) mass is 509 g/mol. The maximum atomic E-state index is 14.4. The van der Waals surface area contributed by atoms with E-state index in [1.165, 1.54) is 13.8 Å². The molecular formula is C28H36FN5O3. The predicted octanol–water partition coefficient (Wildman–Crippen LogP) is 5.94. The van der Waals surface area contributed by atoms with Crippen LogP contribution in [0.5, 0.6) is 0 Å². The number of aromatic nitrogens is 2. The molecule has 0 aliphatic heterocycles. The molecule has 8 nitrogen and oxygen atoms in total. The lowest BCUT2D eigenvalue weighted by Gasteiger charge is -2.53. The Labute approximate surface area is 217 Å². The maximum absolute atomic E-state index is 14.4. The summed E-state index contributed by atoms with van der Waals surface area (Å²) >= 11 is 0. The van der Waals surface area contributed by atoms with Crippen molar-refractivity contribution in [3.05, 3.63) is 47.4 Å². The van der Waals surface area contributed by atoms with Crippen LogP contribution in [-0.4, -0.2) is 40.0 Å². The number of halogens is 1. The van der Waals surface area contributed by atoms with Crippen molar-refractivity contribution in [3.63, 3.8) is 0 Å². The highest BCUT2D eigenvalue weighted by molar-refractivity contribution is 5.93. The highest BCUT2D eigenvalue weighted by Gasteiger charge is 2.52. The van der Waals surface area contributed by atoms with E-state index < -0.39 is 5.67 Å². The molecule has 1 heterocycles. The molecule has 2 N–H and O–H groups in total. The molecule has 1 aromatic heterocycles. The average molecular weight is 510 g/mol. The number of amides is 2. The fourth-order valence-corrected chi connectivity index (χ4v) is 6.34. The number of aliphatic hydroxyl groups is 1. The Morgan fingerprint density at radius 1 is 1.22 bits per heavy atom. The van der Waals surface area contributed by atoms with E-state index in [2.05, 4.69) is 20.3 Å².